The average molecular weight is 357 g/mol. The molecule has 0 spiro atoms. The molecule has 3 heterocycles. The molecule has 0 fully saturated rings. The number of aryl methyl sites for hydroxylation is 2. The highest BCUT2D eigenvalue weighted by molar-refractivity contribution is 5.33. The summed E-state index contributed by atoms with van der Waals surface area (Å²) in [5.74, 6) is 0.869. The Hall–Kier alpha value is -2.32. The fraction of sp³-hybridized carbons (Fsp3) is 0.562. The van der Waals surface area contributed by atoms with Crippen molar-refractivity contribution in [1.29, 1.82) is 0 Å². The number of hydrogen-bond acceptors (Lipinski definition) is 6. The first kappa shape index (κ1) is 17.5. The molecule has 3 rings (SSSR count). The zero-order valence-corrected chi connectivity index (χ0v) is 14.3. The third-order valence-corrected chi connectivity index (χ3v) is 4.15. The molecule has 0 saturated carbocycles. The second-order valence-corrected chi connectivity index (χ2v) is 6.42. The van der Waals surface area contributed by atoms with Crippen LogP contribution in [0, 0.1) is 6.92 Å². The van der Waals surface area contributed by atoms with Crippen LogP contribution in [0.15, 0.2) is 34.4 Å². The van der Waals surface area contributed by atoms with E-state index in [0.29, 0.717) is 12.4 Å². The average Bonchev–Trinajstić information content (AvgIpc) is 3.09. The molecular formula is C16H22F3N5O. The summed E-state index contributed by atoms with van der Waals surface area (Å²) in [4.78, 5) is 3.98. The van der Waals surface area contributed by atoms with E-state index in [-0.39, 0.29) is 0 Å². The number of hydrogen-bond donors (Lipinski definition) is 1. The molecule has 0 atom stereocenters. The molecule has 138 valence electrons. The molecule has 0 amide bonds. The normalized spacial score (nSPS) is 17.4. The molecule has 25 heavy (non-hydrogen) atoms. The highest BCUT2D eigenvalue weighted by atomic mass is 19.4. The molecule has 9 heteroatoms. The molecule has 2 aliphatic heterocycles. The third kappa shape index (κ3) is 4.40. The van der Waals surface area contributed by atoms with Crippen molar-refractivity contribution in [3.8, 4) is 0 Å². The second kappa shape index (κ2) is 6.89. The fourth-order valence-electron chi connectivity index (χ4n) is 3.02. The number of hydrazine groups is 1. The van der Waals surface area contributed by atoms with E-state index in [2.05, 4.69) is 10.6 Å². The van der Waals surface area contributed by atoms with Gasteiger partial charge in [0.25, 0.3) is 0 Å². The van der Waals surface area contributed by atoms with Crippen molar-refractivity contribution in [2.75, 3.05) is 26.8 Å². The smallest absolute Gasteiger partial charge is 0.361 e. The Labute approximate surface area is 144 Å². The highest BCUT2D eigenvalue weighted by Gasteiger charge is 2.36. The van der Waals surface area contributed by atoms with Crippen LogP contribution in [0.4, 0.5) is 13.2 Å². The molecule has 0 saturated heterocycles. The summed E-state index contributed by atoms with van der Waals surface area (Å²) in [5.41, 5.74) is 4.89. The van der Waals surface area contributed by atoms with Crippen LogP contribution >= 0.6 is 0 Å². The second-order valence-electron chi connectivity index (χ2n) is 6.42. The van der Waals surface area contributed by atoms with E-state index in [0.717, 1.165) is 48.0 Å². The van der Waals surface area contributed by atoms with Crippen molar-refractivity contribution in [2.45, 2.75) is 32.4 Å². The Balaban J connectivity index is 1.54. The van der Waals surface area contributed by atoms with Gasteiger partial charge in [-0.25, -0.2) is 0 Å². The molecule has 6 nitrogen and oxygen atoms in total. The Morgan fingerprint density at radius 2 is 2.08 bits per heavy atom. The summed E-state index contributed by atoms with van der Waals surface area (Å²) in [5, 5.41) is 4.99. The Morgan fingerprint density at radius 1 is 1.28 bits per heavy atom. The van der Waals surface area contributed by atoms with Crippen LogP contribution < -0.4 is 5.43 Å². The van der Waals surface area contributed by atoms with Crippen molar-refractivity contribution in [2.24, 2.45) is 0 Å². The van der Waals surface area contributed by atoms with E-state index < -0.39 is 12.7 Å². The van der Waals surface area contributed by atoms with E-state index >= 15 is 0 Å². The Kier molecular flexibility index (Phi) is 4.82. The van der Waals surface area contributed by atoms with Gasteiger partial charge in [-0.1, -0.05) is 5.16 Å². The number of nitrogens with one attached hydrogen (secondary N) is 1. The molecular weight excluding hydrogens is 335 g/mol. The number of aromatic nitrogens is 1. The van der Waals surface area contributed by atoms with Crippen LogP contribution in [0.3, 0.4) is 0 Å². The van der Waals surface area contributed by atoms with Gasteiger partial charge in [0.1, 0.15) is 12.3 Å². The number of halogens is 3. The van der Waals surface area contributed by atoms with Crippen LogP contribution in [0.1, 0.15) is 24.3 Å². The predicted octanol–water partition coefficient (Wildman–Crippen LogP) is 2.58. The largest absolute Gasteiger partial charge is 0.407 e. The van der Waals surface area contributed by atoms with Gasteiger partial charge >= 0.3 is 6.18 Å². The SMILES string of the molecule is Cc1cc(CCCCN2C=C3C(=CNN3CC(F)(F)F)N(C)C2)on1. The Morgan fingerprint density at radius 3 is 2.76 bits per heavy atom. The lowest BCUT2D eigenvalue weighted by atomic mass is 10.2. The van der Waals surface area contributed by atoms with Crippen molar-refractivity contribution in [1.82, 2.24) is 25.4 Å². The fourth-order valence-corrected chi connectivity index (χ4v) is 3.02. The molecule has 1 aromatic heterocycles. The zero-order valence-electron chi connectivity index (χ0n) is 14.3. The summed E-state index contributed by atoms with van der Waals surface area (Å²) >= 11 is 0. The first-order chi connectivity index (χ1) is 11.8. The van der Waals surface area contributed by atoms with Gasteiger partial charge in [0.2, 0.25) is 0 Å². The molecule has 0 bridgehead atoms. The summed E-state index contributed by atoms with van der Waals surface area (Å²) in [6.07, 6.45) is 1.83. The lowest BCUT2D eigenvalue weighted by molar-refractivity contribution is -0.145. The summed E-state index contributed by atoms with van der Waals surface area (Å²) in [7, 11) is 1.88. The number of alkyl halides is 3. The van der Waals surface area contributed by atoms with Crippen molar-refractivity contribution in [3.63, 3.8) is 0 Å². The minimum Gasteiger partial charge on any atom is -0.361 e. The highest BCUT2D eigenvalue weighted by Crippen LogP contribution is 2.29. The van der Waals surface area contributed by atoms with E-state index in [1.807, 2.05) is 29.8 Å². The minimum atomic E-state index is -4.26. The first-order valence-electron chi connectivity index (χ1n) is 8.22. The lowest BCUT2D eigenvalue weighted by Crippen LogP contribution is -2.42. The maximum atomic E-state index is 12.7. The molecule has 0 unspecified atom stereocenters. The number of fused-ring (bicyclic) bond motifs is 1. The van der Waals surface area contributed by atoms with Gasteiger partial charge in [-0.3, -0.25) is 5.01 Å². The molecule has 0 aliphatic carbocycles. The number of likely N-dealkylation sites (N-methyl/N-ethyl adjacent to an activating group) is 1. The molecule has 1 N–H and O–H groups in total. The Bertz CT molecular complexity index is 667. The summed E-state index contributed by atoms with van der Waals surface area (Å²) in [6.45, 7) is 2.29. The van der Waals surface area contributed by atoms with Gasteiger partial charge in [-0.05, 0) is 19.8 Å². The van der Waals surface area contributed by atoms with Crippen LogP contribution in [-0.4, -0.2) is 52.9 Å². The number of rotatable bonds is 6. The number of nitrogens with zero attached hydrogens (tertiary/aromatic N) is 4. The van der Waals surface area contributed by atoms with Gasteiger partial charge in [-0.15, -0.1) is 0 Å². The first-order valence-corrected chi connectivity index (χ1v) is 8.22. The zero-order chi connectivity index (χ0) is 18.0. The quantitative estimate of drug-likeness (QED) is 0.790. The van der Waals surface area contributed by atoms with Crippen LogP contribution in [-0.2, 0) is 6.42 Å². The van der Waals surface area contributed by atoms with Crippen LogP contribution in [0.2, 0.25) is 0 Å². The number of unbranched alkanes of at least 4 members (excludes halogenated alkanes) is 1. The van der Waals surface area contributed by atoms with Crippen molar-refractivity contribution in [3.05, 3.63) is 41.3 Å². The van der Waals surface area contributed by atoms with E-state index in [1.54, 1.807) is 12.4 Å². The summed E-state index contributed by atoms with van der Waals surface area (Å²) < 4.78 is 43.3. The minimum absolute atomic E-state index is 0.553. The van der Waals surface area contributed by atoms with Crippen molar-refractivity contribution >= 4 is 0 Å². The van der Waals surface area contributed by atoms with Gasteiger partial charge in [0.15, 0.2) is 0 Å². The molecule has 0 radical (unpaired) electrons. The van der Waals surface area contributed by atoms with Gasteiger partial charge in [-0.2, -0.15) is 13.2 Å². The topological polar surface area (TPSA) is 47.8 Å². The molecule has 1 aromatic rings. The predicted molar refractivity (Wildman–Crippen MR) is 85.6 cm³/mol. The maximum absolute atomic E-state index is 12.7. The standard InChI is InChI=1S/C16H22F3N5O/c1-12-7-13(25-21-12)5-3-4-6-23-9-15-14(22(2)11-23)8-20-24(15)10-16(17,18)19/h7-9,20H,3-6,10-11H2,1-2H3. The third-order valence-electron chi connectivity index (χ3n) is 4.15. The summed E-state index contributed by atoms with van der Waals surface area (Å²) in [6, 6.07) is 1.92. The van der Waals surface area contributed by atoms with Gasteiger partial charge < -0.3 is 19.7 Å². The van der Waals surface area contributed by atoms with E-state index in [9.17, 15) is 13.2 Å². The maximum Gasteiger partial charge on any atom is 0.407 e. The van der Waals surface area contributed by atoms with Crippen molar-refractivity contribution < 1.29 is 17.7 Å². The lowest BCUT2D eigenvalue weighted by Gasteiger charge is -2.36. The molecule has 0 aromatic carbocycles. The monoisotopic (exact) mass is 357 g/mol. The van der Waals surface area contributed by atoms with Crippen LogP contribution in [0.25, 0.3) is 0 Å². The van der Waals surface area contributed by atoms with Gasteiger partial charge in [0, 0.05) is 38.5 Å². The van der Waals surface area contributed by atoms with E-state index in [1.165, 1.54) is 0 Å². The van der Waals surface area contributed by atoms with Crippen LogP contribution in [0.5, 0.6) is 0 Å². The van der Waals surface area contributed by atoms with Gasteiger partial charge in [0.05, 0.1) is 23.8 Å². The molecule has 2 aliphatic rings. The van der Waals surface area contributed by atoms with E-state index in [4.69, 9.17) is 4.52 Å².